The third-order valence-corrected chi connectivity index (χ3v) is 3.52. The van der Waals surface area contributed by atoms with Crippen LogP contribution in [-0.4, -0.2) is 23.3 Å². The maximum atomic E-state index is 12.0. The van der Waals surface area contributed by atoms with Crippen molar-refractivity contribution in [2.45, 2.75) is 33.1 Å². The highest BCUT2D eigenvalue weighted by Crippen LogP contribution is 2.31. The van der Waals surface area contributed by atoms with Crippen LogP contribution in [0.1, 0.15) is 32.3 Å². The molecule has 1 aliphatic heterocycles. The van der Waals surface area contributed by atoms with Crippen LogP contribution in [0.5, 0.6) is 0 Å². The highest BCUT2D eigenvalue weighted by molar-refractivity contribution is 5.98. The molecule has 4 nitrogen and oxygen atoms in total. The number of nitrogens with two attached hydrogens (primary N) is 1. The molecule has 0 aromatic heterocycles. The van der Waals surface area contributed by atoms with Crippen molar-refractivity contribution in [2.24, 2.45) is 5.41 Å². The highest BCUT2D eigenvalue weighted by atomic mass is 16.2. The number of piperidine rings is 1. The van der Waals surface area contributed by atoms with E-state index in [9.17, 15) is 9.59 Å². The first-order valence-corrected chi connectivity index (χ1v) is 6.56. The van der Waals surface area contributed by atoms with E-state index in [1.165, 1.54) is 4.90 Å². The number of nitrogen functional groups attached to an aromatic ring is 1. The lowest BCUT2D eigenvalue weighted by Crippen LogP contribution is -2.46. The van der Waals surface area contributed by atoms with Gasteiger partial charge in [-0.15, -0.1) is 0 Å². The van der Waals surface area contributed by atoms with Gasteiger partial charge in [-0.25, -0.2) is 0 Å². The number of para-hydroxylation sites is 1. The number of hydrogen-bond donors (Lipinski definition) is 1. The summed E-state index contributed by atoms with van der Waals surface area (Å²) in [7, 11) is 0. The van der Waals surface area contributed by atoms with Crippen LogP contribution in [0.25, 0.3) is 0 Å². The molecule has 4 heteroatoms. The van der Waals surface area contributed by atoms with E-state index in [0.717, 1.165) is 5.56 Å². The monoisotopic (exact) mass is 260 g/mol. The van der Waals surface area contributed by atoms with Gasteiger partial charge in [0.2, 0.25) is 11.8 Å². The van der Waals surface area contributed by atoms with Crippen LogP contribution in [0, 0.1) is 5.41 Å². The van der Waals surface area contributed by atoms with Crippen LogP contribution in [0.3, 0.4) is 0 Å². The zero-order valence-corrected chi connectivity index (χ0v) is 11.5. The summed E-state index contributed by atoms with van der Waals surface area (Å²) in [6, 6.07) is 7.55. The number of nitrogens with zero attached hydrogens (tertiary/aromatic N) is 1. The molecule has 1 aromatic carbocycles. The van der Waals surface area contributed by atoms with Crippen molar-refractivity contribution in [3.05, 3.63) is 29.8 Å². The molecule has 0 spiro atoms. The quantitative estimate of drug-likeness (QED) is 0.667. The summed E-state index contributed by atoms with van der Waals surface area (Å²) in [5.41, 5.74) is 7.34. The van der Waals surface area contributed by atoms with E-state index in [1.807, 2.05) is 38.1 Å². The molecule has 1 fully saturated rings. The summed E-state index contributed by atoms with van der Waals surface area (Å²) < 4.78 is 0. The highest BCUT2D eigenvalue weighted by Gasteiger charge is 2.36. The van der Waals surface area contributed by atoms with E-state index >= 15 is 0 Å². The van der Waals surface area contributed by atoms with Gasteiger partial charge in [-0.1, -0.05) is 32.0 Å². The summed E-state index contributed by atoms with van der Waals surface area (Å²) in [6.07, 6.45) is 1.48. The normalized spacial score (nSPS) is 18.7. The van der Waals surface area contributed by atoms with Gasteiger partial charge >= 0.3 is 0 Å². The molecule has 1 saturated heterocycles. The zero-order chi connectivity index (χ0) is 14.0. The number of carbonyl (C=O) groups is 2. The van der Waals surface area contributed by atoms with E-state index in [1.54, 1.807) is 0 Å². The minimum absolute atomic E-state index is 0.0734. The molecule has 2 rings (SSSR count). The first-order valence-electron chi connectivity index (χ1n) is 6.56. The molecule has 0 atom stereocenters. The van der Waals surface area contributed by atoms with Crippen molar-refractivity contribution < 1.29 is 9.59 Å². The van der Waals surface area contributed by atoms with Crippen LogP contribution in [0.4, 0.5) is 5.69 Å². The van der Waals surface area contributed by atoms with Gasteiger partial charge < -0.3 is 5.73 Å². The lowest BCUT2D eigenvalue weighted by molar-refractivity contribution is -0.152. The molecule has 2 N–H and O–H groups in total. The number of benzene rings is 1. The van der Waals surface area contributed by atoms with E-state index in [2.05, 4.69) is 0 Å². The Morgan fingerprint density at radius 2 is 1.74 bits per heavy atom. The fraction of sp³-hybridized carbons (Fsp3) is 0.467. The van der Waals surface area contributed by atoms with Crippen LogP contribution in [0.15, 0.2) is 24.3 Å². The standard InChI is InChI=1S/C15H20N2O2/c1-15(2)9-13(18)17(14(19)10-15)8-7-11-5-3-4-6-12(11)16/h3-6H,7-10,16H2,1-2H3. The fourth-order valence-electron chi connectivity index (χ4n) is 2.45. The summed E-state index contributed by atoms with van der Waals surface area (Å²) in [6.45, 7) is 4.33. The molecule has 1 heterocycles. The van der Waals surface area contributed by atoms with Gasteiger partial charge in [0.1, 0.15) is 0 Å². The summed E-state index contributed by atoms with van der Waals surface area (Å²) in [5, 5.41) is 0. The Hall–Kier alpha value is -1.84. The van der Waals surface area contributed by atoms with Gasteiger partial charge in [0.05, 0.1) is 0 Å². The Morgan fingerprint density at radius 3 is 2.32 bits per heavy atom. The maximum absolute atomic E-state index is 12.0. The van der Waals surface area contributed by atoms with Gasteiger partial charge in [0.25, 0.3) is 0 Å². The van der Waals surface area contributed by atoms with Crippen molar-refractivity contribution in [3.63, 3.8) is 0 Å². The molecule has 0 radical (unpaired) electrons. The SMILES string of the molecule is CC1(C)CC(=O)N(CCc2ccccc2N)C(=O)C1. The number of imide groups is 1. The lowest BCUT2D eigenvalue weighted by Gasteiger charge is -2.34. The van der Waals surface area contributed by atoms with Crippen LogP contribution in [-0.2, 0) is 16.0 Å². The van der Waals surface area contributed by atoms with Crippen molar-refractivity contribution in [2.75, 3.05) is 12.3 Å². The summed E-state index contributed by atoms with van der Waals surface area (Å²) in [5.74, 6) is -0.147. The largest absolute Gasteiger partial charge is 0.399 e. The van der Waals surface area contributed by atoms with Gasteiger partial charge in [-0.3, -0.25) is 14.5 Å². The Labute approximate surface area is 113 Å². The number of rotatable bonds is 3. The average molecular weight is 260 g/mol. The Balaban J connectivity index is 2.02. The molecular weight excluding hydrogens is 240 g/mol. The summed E-state index contributed by atoms with van der Waals surface area (Å²) in [4.78, 5) is 25.4. The van der Waals surface area contributed by atoms with Crippen LogP contribution in [0.2, 0.25) is 0 Å². The number of anilines is 1. The minimum Gasteiger partial charge on any atom is -0.399 e. The van der Waals surface area contributed by atoms with Gasteiger partial charge in [-0.05, 0) is 23.5 Å². The predicted octanol–water partition coefficient (Wildman–Crippen LogP) is 1.99. The lowest BCUT2D eigenvalue weighted by atomic mass is 9.81. The second-order valence-corrected chi connectivity index (χ2v) is 5.91. The Bertz CT molecular complexity index is 489. The van der Waals surface area contributed by atoms with Crippen molar-refractivity contribution >= 4 is 17.5 Å². The minimum atomic E-state index is -0.212. The molecule has 0 saturated carbocycles. The predicted molar refractivity (Wildman–Crippen MR) is 74.3 cm³/mol. The molecule has 2 amide bonds. The smallest absolute Gasteiger partial charge is 0.229 e. The van der Waals surface area contributed by atoms with Crippen LogP contribution >= 0.6 is 0 Å². The molecule has 0 unspecified atom stereocenters. The third kappa shape index (κ3) is 3.13. The maximum Gasteiger partial charge on any atom is 0.229 e. The van der Waals surface area contributed by atoms with Crippen LogP contribution < -0.4 is 5.73 Å². The zero-order valence-electron chi connectivity index (χ0n) is 11.5. The van der Waals surface area contributed by atoms with E-state index in [4.69, 9.17) is 5.73 Å². The van der Waals surface area contributed by atoms with E-state index < -0.39 is 0 Å². The van der Waals surface area contributed by atoms with Crippen molar-refractivity contribution in [1.82, 2.24) is 4.90 Å². The Kier molecular flexibility index (Phi) is 3.60. The number of amides is 2. The van der Waals surface area contributed by atoms with Gasteiger partial charge in [0.15, 0.2) is 0 Å². The topological polar surface area (TPSA) is 63.4 Å². The molecule has 1 aliphatic rings. The number of carbonyl (C=O) groups excluding carboxylic acids is 2. The number of likely N-dealkylation sites (tertiary alicyclic amines) is 1. The van der Waals surface area contributed by atoms with Gasteiger partial charge in [0, 0.05) is 25.1 Å². The van der Waals surface area contributed by atoms with Crippen molar-refractivity contribution in [1.29, 1.82) is 0 Å². The van der Waals surface area contributed by atoms with E-state index in [-0.39, 0.29) is 17.2 Å². The molecule has 102 valence electrons. The third-order valence-electron chi connectivity index (χ3n) is 3.52. The van der Waals surface area contributed by atoms with Gasteiger partial charge in [-0.2, -0.15) is 0 Å². The average Bonchev–Trinajstić information content (AvgIpc) is 2.28. The molecule has 19 heavy (non-hydrogen) atoms. The summed E-state index contributed by atoms with van der Waals surface area (Å²) >= 11 is 0. The molecule has 0 bridgehead atoms. The van der Waals surface area contributed by atoms with Crippen molar-refractivity contribution in [3.8, 4) is 0 Å². The molecule has 1 aromatic rings. The fourth-order valence-corrected chi connectivity index (χ4v) is 2.45. The first-order chi connectivity index (χ1) is 8.89. The van der Waals surface area contributed by atoms with E-state index in [0.29, 0.717) is 31.5 Å². The number of hydrogen-bond acceptors (Lipinski definition) is 3. The second-order valence-electron chi connectivity index (χ2n) is 5.91. The molecule has 0 aliphatic carbocycles. The first kappa shape index (κ1) is 13.6. The molecular formula is C15H20N2O2. The second kappa shape index (κ2) is 5.03. The Morgan fingerprint density at radius 1 is 1.16 bits per heavy atom.